The highest BCUT2D eigenvalue weighted by Gasteiger charge is 2.33. The summed E-state index contributed by atoms with van der Waals surface area (Å²) in [6.45, 7) is 7.82. The third kappa shape index (κ3) is 4.68. The summed E-state index contributed by atoms with van der Waals surface area (Å²) < 4.78 is 33.1. The summed E-state index contributed by atoms with van der Waals surface area (Å²) in [5, 5.41) is 0. The van der Waals surface area contributed by atoms with Crippen LogP contribution in [0.3, 0.4) is 0 Å². The van der Waals surface area contributed by atoms with E-state index in [2.05, 4.69) is 15.9 Å². The van der Waals surface area contributed by atoms with Gasteiger partial charge in [0, 0.05) is 30.1 Å². The third-order valence-electron chi connectivity index (χ3n) is 3.76. The first-order valence-corrected chi connectivity index (χ1v) is 8.72. The summed E-state index contributed by atoms with van der Waals surface area (Å²) in [6, 6.07) is 1.87. The van der Waals surface area contributed by atoms with Gasteiger partial charge in [0.15, 0.2) is 11.6 Å². The van der Waals surface area contributed by atoms with Gasteiger partial charge in [-0.05, 0) is 39.8 Å². The molecule has 5 nitrogen and oxygen atoms in total. The molecule has 1 aliphatic heterocycles. The van der Waals surface area contributed by atoms with E-state index in [1.54, 1.807) is 27.7 Å². The number of hydrogen-bond donors (Lipinski definition) is 0. The zero-order chi connectivity index (χ0) is 18.9. The maximum Gasteiger partial charge on any atom is 0.410 e. The Balaban J connectivity index is 2.11. The van der Waals surface area contributed by atoms with E-state index in [1.807, 2.05) is 0 Å². The molecule has 0 bridgehead atoms. The first-order valence-electron chi connectivity index (χ1n) is 7.93. The Morgan fingerprint density at radius 2 is 1.88 bits per heavy atom. The standard InChI is InChI=1S/C17H21BrF2N2O3/c1-10-9-21(16(24)25-17(2,3)4)5-6-22(10)15(23)12-7-11(18)8-13(19)14(12)20/h7-8,10H,5-6,9H2,1-4H3/t10-/m0/s1. The molecule has 0 radical (unpaired) electrons. The van der Waals surface area contributed by atoms with E-state index in [-0.39, 0.29) is 35.7 Å². The summed E-state index contributed by atoms with van der Waals surface area (Å²) in [6.07, 6.45) is -0.453. The SMILES string of the molecule is C[C@H]1CN(C(=O)OC(C)(C)C)CCN1C(=O)c1cc(Br)cc(F)c1F. The van der Waals surface area contributed by atoms with Crippen LogP contribution in [-0.2, 0) is 4.74 Å². The van der Waals surface area contributed by atoms with Crippen molar-refractivity contribution in [1.29, 1.82) is 0 Å². The van der Waals surface area contributed by atoms with Crippen LogP contribution in [0.2, 0.25) is 0 Å². The zero-order valence-corrected chi connectivity index (χ0v) is 16.2. The zero-order valence-electron chi connectivity index (χ0n) is 14.6. The van der Waals surface area contributed by atoms with E-state index in [0.717, 1.165) is 6.07 Å². The molecule has 2 amide bonds. The van der Waals surface area contributed by atoms with Gasteiger partial charge in [-0.1, -0.05) is 15.9 Å². The molecule has 0 N–H and O–H groups in total. The van der Waals surface area contributed by atoms with Crippen molar-refractivity contribution >= 4 is 27.9 Å². The summed E-state index contributed by atoms with van der Waals surface area (Å²) in [5.74, 6) is -2.86. The summed E-state index contributed by atoms with van der Waals surface area (Å²) in [4.78, 5) is 27.7. The number of ether oxygens (including phenoxy) is 1. The number of piperazine rings is 1. The minimum atomic E-state index is -1.17. The number of benzene rings is 1. The van der Waals surface area contributed by atoms with Crippen LogP contribution in [0.15, 0.2) is 16.6 Å². The Bertz CT molecular complexity index is 691. The van der Waals surface area contributed by atoms with Gasteiger partial charge in [-0.15, -0.1) is 0 Å². The van der Waals surface area contributed by atoms with Crippen LogP contribution in [0.1, 0.15) is 38.1 Å². The first-order chi connectivity index (χ1) is 11.5. The topological polar surface area (TPSA) is 49.9 Å². The minimum absolute atomic E-state index is 0.215. The molecule has 1 heterocycles. The van der Waals surface area contributed by atoms with Crippen LogP contribution in [0.25, 0.3) is 0 Å². The molecule has 1 aliphatic rings. The highest BCUT2D eigenvalue weighted by molar-refractivity contribution is 9.10. The van der Waals surface area contributed by atoms with Crippen molar-refractivity contribution in [1.82, 2.24) is 9.80 Å². The Hall–Kier alpha value is -1.70. The number of halogens is 3. The molecule has 8 heteroatoms. The number of amides is 2. The van der Waals surface area contributed by atoms with E-state index in [1.165, 1.54) is 15.9 Å². The van der Waals surface area contributed by atoms with Gasteiger partial charge >= 0.3 is 6.09 Å². The number of carbonyl (C=O) groups is 2. The molecule has 1 fully saturated rings. The lowest BCUT2D eigenvalue weighted by Crippen LogP contribution is -2.56. The molecule has 0 saturated carbocycles. The molecule has 1 aromatic rings. The summed E-state index contributed by atoms with van der Waals surface area (Å²) in [7, 11) is 0. The molecule has 0 spiro atoms. The predicted molar refractivity (Wildman–Crippen MR) is 92.4 cm³/mol. The van der Waals surface area contributed by atoms with Gasteiger partial charge in [-0.3, -0.25) is 4.79 Å². The fraction of sp³-hybridized carbons (Fsp3) is 0.529. The highest BCUT2D eigenvalue weighted by Crippen LogP contribution is 2.23. The van der Waals surface area contributed by atoms with Gasteiger partial charge in [0.1, 0.15) is 5.60 Å². The molecule has 25 heavy (non-hydrogen) atoms. The molecule has 2 rings (SSSR count). The molecule has 1 atom stereocenters. The quantitative estimate of drug-likeness (QED) is 0.651. The first kappa shape index (κ1) is 19.6. The predicted octanol–water partition coefficient (Wildman–Crippen LogP) is 3.81. The second-order valence-corrected chi connectivity index (χ2v) is 7.94. The van der Waals surface area contributed by atoms with Gasteiger partial charge in [0.05, 0.1) is 5.56 Å². The monoisotopic (exact) mass is 418 g/mol. The van der Waals surface area contributed by atoms with E-state index in [4.69, 9.17) is 4.74 Å². The normalized spacial score (nSPS) is 18.3. The fourth-order valence-corrected chi connectivity index (χ4v) is 3.05. The Morgan fingerprint density at radius 3 is 2.44 bits per heavy atom. The molecule has 0 aliphatic carbocycles. The molecule has 1 saturated heterocycles. The van der Waals surface area contributed by atoms with Gasteiger partial charge in [0.2, 0.25) is 0 Å². The minimum Gasteiger partial charge on any atom is -0.444 e. The van der Waals surface area contributed by atoms with Crippen molar-refractivity contribution in [3.8, 4) is 0 Å². The molecule has 0 unspecified atom stereocenters. The number of rotatable bonds is 1. The number of hydrogen-bond acceptors (Lipinski definition) is 3. The lowest BCUT2D eigenvalue weighted by atomic mass is 10.1. The van der Waals surface area contributed by atoms with Crippen molar-refractivity contribution < 1.29 is 23.1 Å². The van der Waals surface area contributed by atoms with Crippen molar-refractivity contribution in [3.05, 3.63) is 33.8 Å². The average molecular weight is 419 g/mol. The molecule has 138 valence electrons. The van der Waals surface area contributed by atoms with Gasteiger partial charge in [-0.25, -0.2) is 13.6 Å². The molecular formula is C17H21BrF2N2O3. The second kappa shape index (κ2) is 7.27. The largest absolute Gasteiger partial charge is 0.444 e. The molecule has 1 aromatic carbocycles. The van der Waals surface area contributed by atoms with Gasteiger partial charge in [-0.2, -0.15) is 0 Å². The lowest BCUT2D eigenvalue weighted by Gasteiger charge is -2.40. The summed E-state index contributed by atoms with van der Waals surface area (Å²) >= 11 is 3.06. The average Bonchev–Trinajstić information content (AvgIpc) is 2.48. The number of carbonyl (C=O) groups excluding carboxylic acids is 2. The van der Waals surface area contributed by atoms with E-state index >= 15 is 0 Å². The van der Waals surface area contributed by atoms with Crippen molar-refractivity contribution in [2.24, 2.45) is 0 Å². The van der Waals surface area contributed by atoms with E-state index < -0.39 is 29.2 Å². The Kier molecular flexibility index (Phi) is 5.71. The van der Waals surface area contributed by atoms with Crippen molar-refractivity contribution in [2.75, 3.05) is 19.6 Å². The molecular weight excluding hydrogens is 398 g/mol. The number of nitrogens with zero attached hydrogens (tertiary/aromatic N) is 2. The Labute approximate surface area is 154 Å². The maximum absolute atomic E-state index is 14.0. The van der Waals surface area contributed by atoms with Crippen LogP contribution >= 0.6 is 15.9 Å². The highest BCUT2D eigenvalue weighted by atomic mass is 79.9. The Morgan fingerprint density at radius 1 is 1.24 bits per heavy atom. The lowest BCUT2D eigenvalue weighted by molar-refractivity contribution is 0.00606. The second-order valence-electron chi connectivity index (χ2n) is 7.02. The van der Waals surface area contributed by atoms with Crippen LogP contribution in [-0.4, -0.2) is 53.1 Å². The van der Waals surface area contributed by atoms with E-state index in [9.17, 15) is 18.4 Å². The summed E-state index contributed by atoms with van der Waals surface area (Å²) in [5.41, 5.74) is -0.936. The van der Waals surface area contributed by atoms with Gasteiger partial charge < -0.3 is 14.5 Å². The van der Waals surface area contributed by atoms with Crippen LogP contribution < -0.4 is 0 Å². The molecule has 0 aromatic heterocycles. The van der Waals surface area contributed by atoms with Crippen LogP contribution in [0, 0.1) is 11.6 Å². The smallest absolute Gasteiger partial charge is 0.410 e. The fourth-order valence-electron chi connectivity index (χ4n) is 2.62. The van der Waals surface area contributed by atoms with Gasteiger partial charge in [0.25, 0.3) is 5.91 Å². The third-order valence-corrected chi connectivity index (χ3v) is 4.22. The van der Waals surface area contributed by atoms with Crippen LogP contribution in [0.4, 0.5) is 13.6 Å². The van der Waals surface area contributed by atoms with Crippen LogP contribution in [0.5, 0.6) is 0 Å². The maximum atomic E-state index is 14.0. The van der Waals surface area contributed by atoms with E-state index in [0.29, 0.717) is 0 Å². The van der Waals surface area contributed by atoms with Crippen molar-refractivity contribution in [2.45, 2.75) is 39.3 Å². The van der Waals surface area contributed by atoms with Crippen molar-refractivity contribution in [3.63, 3.8) is 0 Å².